The van der Waals surface area contributed by atoms with Crippen LogP contribution in [0.3, 0.4) is 0 Å². The number of nitrogens with two attached hydrogens (primary N) is 1. The number of nitrogens with zero attached hydrogens (tertiary/aromatic N) is 1. The fourth-order valence-electron chi connectivity index (χ4n) is 1.61. The molecule has 0 spiro atoms. The van der Waals surface area contributed by atoms with Gasteiger partial charge in [-0.3, -0.25) is 4.79 Å². The summed E-state index contributed by atoms with van der Waals surface area (Å²) in [6, 6.07) is 12.0. The van der Waals surface area contributed by atoms with Gasteiger partial charge in [0.25, 0.3) is 5.91 Å². The Morgan fingerprint density at radius 1 is 1.26 bits per heavy atom. The van der Waals surface area contributed by atoms with Crippen LogP contribution in [0.2, 0.25) is 0 Å². The average Bonchev–Trinajstić information content (AvgIpc) is 2.37. The molecule has 0 saturated heterocycles. The van der Waals surface area contributed by atoms with Gasteiger partial charge in [0.1, 0.15) is 5.82 Å². The van der Waals surface area contributed by atoms with Gasteiger partial charge in [-0.15, -0.1) is 0 Å². The molecule has 19 heavy (non-hydrogen) atoms. The molecule has 5 heteroatoms. The van der Waals surface area contributed by atoms with Crippen molar-refractivity contribution in [1.29, 1.82) is 5.26 Å². The summed E-state index contributed by atoms with van der Waals surface area (Å²) in [5, 5.41) is 11.3. The minimum atomic E-state index is -0.573. The number of hydrogen-bond acceptors (Lipinski definition) is 3. The molecule has 0 heterocycles. The molecule has 4 nitrogen and oxygen atoms in total. The lowest BCUT2D eigenvalue weighted by Gasteiger charge is -2.06. The Morgan fingerprint density at radius 2 is 2.05 bits per heavy atom. The third-order valence-electron chi connectivity index (χ3n) is 2.43. The quantitative estimate of drug-likeness (QED) is 0.809. The van der Waals surface area contributed by atoms with Gasteiger partial charge in [-0.25, -0.2) is 4.39 Å². The minimum absolute atomic E-state index is 0.125. The number of nitrogen functional groups attached to an aromatic ring is 1. The highest BCUT2D eigenvalue weighted by Crippen LogP contribution is 2.14. The molecule has 0 atom stereocenters. The number of rotatable bonds is 2. The maximum absolute atomic E-state index is 13.1. The number of carbonyl (C=O) groups is 1. The van der Waals surface area contributed by atoms with Gasteiger partial charge in [0, 0.05) is 16.9 Å². The van der Waals surface area contributed by atoms with Gasteiger partial charge >= 0.3 is 0 Å². The second-order valence-electron chi connectivity index (χ2n) is 3.92. The molecular formula is C14H10FN3O. The summed E-state index contributed by atoms with van der Waals surface area (Å²) in [5.74, 6) is -1.06. The zero-order chi connectivity index (χ0) is 13.8. The number of anilines is 2. The minimum Gasteiger partial charge on any atom is -0.399 e. The lowest BCUT2D eigenvalue weighted by Crippen LogP contribution is -2.12. The molecule has 2 aromatic carbocycles. The summed E-state index contributed by atoms with van der Waals surface area (Å²) in [7, 11) is 0. The van der Waals surface area contributed by atoms with Crippen molar-refractivity contribution in [2.45, 2.75) is 0 Å². The van der Waals surface area contributed by atoms with E-state index in [9.17, 15) is 9.18 Å². The molecule has 2 aromatic rings. The summed E-state index contributed by atoms with van der Waals surface area (Å²) < 4.78 is 13.1. The van der Waals surface area contributed by atoms with Crippen LogP contribution in [-0.2, 0) is 0 Å². The molecule has 94 valence electrons. The Hall–Kier alpha value is -2.87. The van der Waals surface area contributed by atoms with Crippen LogP contribution >= 0.6 is 0 Å². The first kappa shape index (κ1) is 12.6. The summed E-state index contributed by atoms with van der Waals surface area (Å²) in [6.07, 6.45) is 0. The first-order valence-corrected chi connectivity index (χ1v) is 5.46. The molecule has 2 rings (SSSR count). The standard InChI is InChI=1S/C14H10FN3O/c15-11-5-10(6-12(17)7-11)14(19)18-13-3-1-2-9(4-13)8-16/h1-7H,17H2,(H,18,19). The number of carbonyl (C=O) groups excluding carboxylic acids is 1. The SMILES string of the molecule is N#Cc1cccc(NC(=O)c2cc(N)cc(F)c2)c1. The number of benzene rings is 2. The van der Waals surface area contributed by atoms with E-state index in [4.69, 9.17) is 11.0 Å². The van der Waals surface area contributed by atoms with Crippen molar-refractivity contribution in [3.8, 4) is 6.07 Å². The first-order chi connectivity index (χ1) is 9.08. The molecular weight excluding hydrogens is 245 g/mol. The Bertz CT molecular complexity index is 656. The first-order valence-electron chi connectivity index (χ1n) is 5.46. The van der Waals surface area contributed by atoms with Gasteiger partial charge in [0.05, 0.1) is 11.6 Å². The highest BCUT2D eigenvalue weighted by atomic mass is 19.1. The highest BCUT2D eigenvalue weighted by molar-refractivity contribution is 6.04. The van der Waals surface area contributed by atoms with Crippen molar-refractivity contribution >= 4 is 17.3 Å². The average molecular weight is 255 g/mol. The molecule has 0 unspecified atom stereocenters. The summed E-state index contributed by atoms with van der Waals surface area (Å²) in [5.41, 5.74) is 6.67. The van der Waals surface area contributed by atoms with E-state index in [1.54, 1.807) is 18.2 Å². The molecule has 3 N–H and O–H groups in total. The Balaban J connectivity index is 2.23. The highest BCUT2D eigenvalue weighted by Gasteiger charge is 2.08. The predicted octanol–water partition coefficient (Wildman–Crippen LogP) is 2.53. The molecule has 0 bridgehead atoms. The molecule has 1 amide bonds. The summed E-state index contributed by atoms with van der Waals surface area (Å²) in [6.45, 7) is 0. The topological polar surface area (TPSA) is 78.9 Å². The van der Waals surface area contributed by atoms with Gasteiger partial charge in [-0.1, -0.05) is 6.07 Å². The van der Waals surface area contributed by atoms with Gasteiger partial charge in [0.15, 0.2) is 0 Å². The van der Waals surface area contributed by atoms with Crippen LogP contribution in [0.4, 0.5) is 15.8 Å². The molecule has 0 saturated carbocycles. The van der Waals surface area contributed by atoms with Crippen LogP contribution in [0.15, 0.2) is 42.5 Å². The van der Waals surface area contributed by atoms with Gasteiger partial charge in [-0.2, -0.15) is 5.26 Å². The van der Waals surface area contributed by atoms with E-state index in [0.717, 1.165) is 12.1 Å². The number of halogens is 1. The largest absolute Gasteiger partial charge is 0.399 e. The van der Waals surface area contributed by atoms with E-state index >= 15 is 0 Å². The Kier molecular flexibility index (Phi) is 3.44. The number of amides is 1. The third kappa shape index (κ3) is 3.07. The molecule has 0 aliphatic carbocycles. The van der Waals surface area contributed by atoms with Crippen LogP contribution in [0.25, 0.3) is 0 Å². The normalized spacial score (nSPS) is 9.68. The monoisotopic (exact) mass is 255 g/mol. The lowest BCUT2D eigenvalue weighted by atomic mass is 10.1. The van der Waals surface area contributed by atoms with E-state index in [1.807, 2.05) is 6.07 Å². The molecule has 0 aromatic heterocycles. The van der Waals surface area contributed by atoms with Crippen molar-refractivity contribution in [2.75, 3.05) is 11.1 Å². The van der Waals surface area contributed by atoms with Crippen LogP contribution in [-0.4, -0.2) is 5.91 Å². The van der Waals surface area contributed by atoms with Crippen LogP contribution in [0.1, 0.15) is 15.9 Å². The number of nitriles is 1. The van der Waals surface area contributed by atoms with Crippen molar-refractivity contribution in [3.63, 3.8) is 0 Å². The number of hydrogen-bond donors (Lipinski definition) is 2. The van der Waals surface area contributed by atoms with Crippen molar-refractivity contribution in [2.24, 2.45) is 0 Å². The molecule has 0 radical (unpaired) electrons. The fourth-order valence-corrected chi connectivity index (χ4v) is 1.61. The predicted molar refractivity (Wildman–Crippen MR) is 69.9 cm³/mol. The molecule has 0 fully saturated rings. The summed E-state index contributed by atoms with van der Waals surface area (Å²) in [4.78, 5) is 11.9. The molecule has 0 aliphatic rings. The fraction of sp³-hybridized carbons (Fsp3) is 0. The van der Waals surface area contributed by atoms with Gasteiger partial charge in [0.2, 0.25) is 0 Å². The van der Waals surface area contributed by atoms with E-state index in [0.29, 0.717) is 11.3 Å². The summed E-state index contributed by atoms with van der Waals surface area (Å²) >= 11 is 0. The van der Waals surface area contributed by atoms with E-state index < -0.39 is 11.7 Å². The van der Waals surface area contributed by atoms with E-state index in [1.165, 1.54) is 12.1 Å². The molecule has 0 aliphatic heterocycles. The zero-order valence-electron chi connectivity index (χ0n) is 9.85. The lowest BCUT2D eigenvalue weighted by molar-refractivity contribution is 0.102. The van der Waals surface area contributed by atoms with E-state index in [-0.39, 0.29) is 11.3 Å². The maximum atomic E-state index is 13.1. The Morgan fingerprint density at radius 3 is 2.74 bits per heavy atom. The Labute approximate surface area is 109 Å². The van der Waals surface area contributed by atoms with Crippen molar-refractivity contribution < 1.29 is 9.18 Å². The van der Waals surface area contributed by atoms with Gasteiger partial charge in [-0.05, 0) is 36.4 Å². The zero-order valence-corrected chi connectivity index (χ0v) is 9.85. The maximum Gasteiger partial charge on any atom is 0.255 e. The smallest absolute Gasteiger partial charge is 0.255 e. The second kappa shape index (κ2) is 5.19. The van der Waals surface area contributed by atoms with Crippen LogP contribution in [0, 0.1) is 17.1 Å². The van der Waals surface area contributed by atoms with Crippen LogP contribution in [0.5, 0.6) is 0 Å². The third-order valence-corrected chi connectivity index (χ3v) is 2.43. The second-order valence-corrected chi connectivity index (χ2v) is 3.92. The van der Waals surface area contributed by atoms with Crippen molar-refractivity contribution in [1.82, 2.24) is 0 Å². The number of nitrogens with one attached hydrogen (secondary N) is 1. The van der Waals surface area contributed by atoms with Crippen LogP contribution < -0.4 is 11.1 Å². The van der Waals surface area contributed by atoms with Gasteiger partial charge < -0.3 is 11.1 Å². The van der Waals surface area contributed by atoms with E-state index in [2.05, 4.69) is 5.32 Å². The van der Waals surface area contributed by atoms with Crippen molar-refractivity contribution in [3.05, 3.63) is 59.4 Å².